The van der Waals surface area contributed by atoms with E-state index in [0.29, 0.717) is 28.6 Å². The zero-order valence-corrected chi connectivity index (χ0v) is 16.1. The fourth-order valence-corrected chi connectivity index (χ4v) is 3.64. The van der Waals surface area contributed by atoms with Crippen molar-refractivity contribution >= 4 is 11.6 Å². The number of aryl methyl sites for hydroxylation is 1. The van der Waals surface area contributed by atoms with E-state index in [1.165, 1.54) is 13.2 Å². The molecular formula is C20H17N7O3. The smallest absolute Gasteiger partial charge is 0.288 e. The monoisotopic (exact) mass is 403 g/mol. The summed E-state index contributed by atoms with van der Waals surface area (Å²) in [6.45, 7) is 2.00. The van der Waals surface area contributed by atoms with Crippen LogP contribution < -0.4 is 15.6 Å². The van der Waals surface area contributed by atoms with Crippen molar-refractivity contribution < 1.29 is 9.84 Å². The summed E-state index contributed by atoms with van der Waals surface area (Å²) in [6.07, 6.45) is 0. The molecular weight excluding hydrogens is 386 g/mol. The Balaban J connectivity index is 1.81. The average Bonchev–Trinajstić information content (AvgIpc) is 3.22. The van der Waals surface area contributed by atoms with Crippen molar-refractivity contribution in [3.05, 3.63) is 69.5 Å². The minimum absolute atomic E-state index is 0.00939. The number of benzene rings is 2. The van der Waals surface area contributed by atoms with Crippen LogP contribution in [0.2, 0.25) is 0 Å². The highest BCUT2D eigenvalue weighted by Crippen LogP contribution is 2.42. The Hall–Kier alpha value is -4.21. The maximum Gasteiger partial charge on any atom is 0.288 e. The van der Waals surface area contributed by atoms with E-state index in [0.717, 1.165) is 16.7 Å². The molecule has 10 heteroatoms. The van der Waals surface area contributed by atoms with E-state index >= 15 is 0 Å². The number of rotatable bonds is 3. The number of nitrogens with one attached hydrogen (secondary N) is 2. The lowest BCUT2D eigenvalue weighted by Gasteiger charge is -2.28. The quantitative estimate of drug-likeness (QED) is 0.418. The lowest BCUT2D eigenvalue weighted by Crippen LogP contribution is -2.29. The number of aromatic hydroxyl groups is 1. The summed E-state index contributed by atoms with van der Waals surface area (Å²) < 4.78 is 6.85. The van der Waals surface area contributed by atoms with Gasteiger partial charge in [0.25, 0.3) is 5.56 Å². The normalized spacial score (nSPS) is 14.5. The van der Waals surface area contributed by atoms with E-state index < -0.39 is 6.04 Å². The van der Waals surface area contributed by atoms with Gasteiger partial charge in [0.1, 0.15) is 11.7 Å². The van der Waals surface area contributed by atoms with Crippen LogP contribution in [0.15, 0.2) is 47.3 Å². The van der Waals surface area contributed by atoms with Crippen LogP contribution in [0.1, 0.15) is 22.7 Å². The largest absolute Gasteiger partial charge is 0.504 e. The summed E-state index contributed by atoms with van der Waals surface area (Å²) in [4.78, 5) is 12.7. The van der Waals surface area contributed by atoms with Gasteiger partial charge in [0.05, 0.1) is 12.8 Å². The second-order valence-corrected chi connectivity index (χ2v) is 6.96. The lowest BCUT2D eigenvalue weighted by molar-refractivity contribution is 0.372. The molecule has 3 heterocycles. The molecule has 0 fully saturated rings. The van der Waals surface area contributed by atoms with Crippen molar-refractivity contribution in [3.63, 3.8) is 0 Å². The Kier molecular flexibility index (Phi) is 3.98. The van der Waals surface area contributed by atoms with Crippen LogP contribution in [0.5, 0.6) is 11.5 Å². The van der Waals surface area contributed by atoms with E-state index in [-0.39, 0.29) is 11.3 Å². The zero-order chi connectivity index (χ0) is 20.8. The average molecular weight is 403 g/mol. The summed E-state index contributed by atoms with van der Waals surface area (Å²) >= 11 is 0. The van der Waals surface area contributed by atoms with Gasteiger partial charge in [-0.25, -0.2) is 5.10 Å². The number of anilines is 2. The third kappa shape index (κ3) is 2.69. The van der Waals surface area contributed by atoms with E-state index in [1.807, 2.05) is 31.2 Å². The standard InChI is InChI=1S/C20H17N7O3/c1-10-3-5-11(6-4-10)16-15-17(19(29)23-22-16)21-20-24-25-26-27(20)18(15)12-7-8-13(28)14(9-12)30-2/h3-9,18,28H,1-2H3,(H,23,29)(H,21,24,26)/t18-/m1/s1. The SMILES string of the molecule is COc1cc([C@@H]2c3c(-c4ccc(C)cc4)n[nH]c(=O)c3Nc3nnnn32)ccc1O. The zero-order valence-electron chi connectivity index (χ0n) is 16.1. The number of aromatic nitrogens is 6. The summed E-state index contributed by atoms with van der Waals surface area (Å²) in [6, 6.07) is 12.2. The number of H-pyrrole nitrogens is 1. The molecule has 2 aromatic heterocycles. The number of nitrogens with zero attached hydrogens (tertiary/aromatic N) is 5. The highest BCUT2D eigenvalue weighted by molar-refractivity contribution is 5.75. The van der Waals surface area contributed by atoms with E-state index in [4.69, 9.17) is 4.74 Å². The molecule has 4 aromatic rings. The molecule has 10 nitrogen and oxygen atoms in total. The summed E-state index contributed by atoms with van der Waals surface area (Å²) in [5, 5.41) is 31.8. The highest BCUT2D eigenvalue weighted by atomic mass is 16.5. The number of hydrogen-bond donors (Lipinski definition) is 3. The van der Waals surface area contributed by atoms with Crippen LogP contribution in [0.3, 0.4) is 0 Å². The first-order valence-electron chi connectivity index (χ1n) is 9.18. The van der Waals surface area contributed by atoms with Crippen molar-refractivity contribution in [1.29, 1.82) is 0 Å². The van der Waals surface area contributed by atoms with Crippen LogP contribution in [-0.4, -0.2) is 42.6 Å². The number of phenols is 1. The van der Waals surface area contributed by atoms with Crippen LogP contribution in [0, 0.1) is 6.92 Å². The third-order valence-corrected chi connectivity index (χ3v) is 5.11. The topological polar surface area (TPSA) is 131 Å². The Morgan fingerprint density at radius 1 is 1.17 bits per heavy atom. The number of fused-ring (bicyclic) bond motifs is 2. The molecule has 1 aliphatic heterocycles. The van der Waals surface area contributed by atoms with Gasteiger partial charge in [-0.15, -0.1) is 0 Å². The summed E-state index contributed by atoms with van der Waals surface area (Å²) in [7, 11) is 1.47. The molecule has 150 valence electrons. The van der Waals surface area contributed by atoms with Crippen molar-refractivity contribution in [1.82, 2.24) is 30.4 Å². The summed E-state index contributed by atoms with van der Waals surface area (Å²) in [5.74, 6) is 0.637. The number of aromatic amines is 1. The highest BCUT2D eigenvalue weighted by Gasteiger charge is 2.34. The number of tetrazole rings is 1. The Morgan fingerprint density at radius 3 is 2.73 bits per heavy atom. The van der Waals surface area contributed by atoms with Crippen molar-refractivity contribution in [3.8, 4) is 22.8 Å². The van der Waals surface area contributed by atoms with Gasteiger partial charge in [0.15, 0.2) is 11.5 Å². The van der Waals surface area contributed by atoms with Crippen LogP contribution in [-0.2, 0) is 0 Å². The first kappa shape index (κ1) is 17.9. The third-order valence-electron chi connectivity index (χ3n) is 5.11. The summed E-state index contributed by atoms with van der Waals surface area (Å²) in [5.41, 5.74) is 3.82. The first-order chi connectivity index (χ1) is 14.6. The molecule has 5 rings (SSSR count). The molecule has 3 N–H and O–H groups in total. The number of ether oxygens (including phenoxy) is 1. The van der Waals surface area contributed by atoms with Gasteiger partial charge in [0, 0.05) is 11.1 Å². The molecule has 0 aliphatic carbocycles. The first-order valence-corrected chi connectivity index (χ1v) is 9.18. The van der Waals surface area contributed by atoms with Gasteiger partial charge in [-0.05, 0) is 35.0 Å². The molecule has 0 spiro atoms. The fraction of sp³-hybridized carbons (Fsp3) is 0.150. The maximum atomic E-state index is 12.7. The molecule has 0 radical (unpaired) electrons. The number of hydrogen-bond acceptors (Lipinski definition) is 8. The molecule has 30 heavy (non-hydrogen) atoms. The second-order valence-electron chi connectivity index (χ2n) is 6.96. The Bertz CT molecular complexity index is 1310. The molecule has 0 saturated heterocycles. The van der Waals surface area contributed by atoms with Gasteiger partial charge < -0.3 is 15.2 Å². The van der Waals surface area contributed by atoms with Crippen LogP contribution >= 0.6 is 0 Å². The number of methoxy groups -OCH3 is 1. The second kappa shape index (κ2) is 6.69. The Morgan fingerprint density at radius 2 is 1.97 bits per heavy atom. The molecule has 0 unspecified atom stereocenters. The van der Waals surface area contributed by atoms with Gasteiger partial charge in [-0.3, -0.25) is 4.79 Å². The van der Waals surface area contributed by atoms with E-state index in [1.54, 1.807) is 16.8 Å². The van der Waals surface area contributed by atoms with Gasteiger partial charge in [-0.1, -0.05) is 41.0 Å². The van der Waals surface area contributed by atoms with Crippen molar-refractivity contribution in [2.24, 2.45) is 0 Å². The van der Waals surface area contributed by atoms with Gasteiger partial charge in [0.2, 0.25) is 5.95 Å². The Labute approximate surface area is 170 Å². The minimum atomic E-state index is -0.563. The van der Waals surface area contributed by atoms with Crippen molar-refractivity contribution in [2.75, 3.05) is 12.4 Å². The van der Waals surface area contributed by atoms with E-state index in [9.17, 15) is 9.90 Å². The predicted molar refractivity (Wildman–Crippen MR) is 108 cm³/mol. The van der Waals surface area contributed by atoms with Crippen LogP contribution in [0.4, 0.5) is 11.6 Å². The maximum absolute atomic E-state index is 12.7. The molecule has 0 amide bonds. The lowest BCUT2D eigenvalue weighted by atomic mass is 9.92. The minimum Gasteiger partial charge on any atom is -0.504 e. The van der Waals surface area contributed by atoms with E-state index in [2.05, 4.69) is 31.0 Å². The molecule has 1 atom stereocenters. The van der Waals surface area contributed by atoms with Crippen molar-refractivity contribution in [2.45, 2.75) is 13.0 Å². The fourth-order valence-electron chi connectivity index (χ4n) is 3.64. The van der Waals surface area contributed by atoms with Crippen LogP contribution in [0.25, 0.3) is 11.3 Å². The van der Waals surface area contributed by atoms with Gasteiger partial charge >= 0.3 is 0 Å². The molecule has 1 aliphatic rings. The molecule has 0 saturated carbocycles. The molecule has 0 bridgehead atoms. The predicted octanol–water partition coefficient (Wildman–Crippen LogP) is 2.14. The molecule has 2 aromatic carbocycles. The van der Waals surface area contributed by atoms with Gasteiger partial charge in [-0.2, -0.15) is 9.78 Å². The number of phenolic OH excluding ortho intramolecular Hbond substituents is 1.